The van der Waals surface area contributed by atoms with Gasteiger partial charge in [0.15, 0.2) is 0 Å². The number of phenolic OH excluding ortho intramolecular Hbond substituents is 1. The lowest BCUT2D eigenvalue weighted by molar-refractivity contribution is -0.0937. The average Bonchev–Trinajstić information content (AvgIpc) is 2.68. The molecule has 0 bridgehead atoms. The highest BCUT2D eigenvalue weighted by Crippen LogP contribution is 2.41. The molecule has 0 aliphatic carbocycles. The highest BCUT2D eigenvalue weighted by molar-refractivity contribution is 5.33. The maximum atomic E-state index is 11.7. The lowest BCUT2D eigenvalue weighted by Crippen LogP contribution is -2.53. The molecule has 0 aromatic heterocycles. The van der Waals surface area contributed by atoms with E-state index in [9.17, 15) is 10.2 Å². The molecule has 1 aliphatic heterocycles. The van der Waals surface area contributed by atoms with Gasteiger partial charge in [-0.15, -0.1) is 0 Å². The minimum Gasteiger partial charge on any atom is -0.508 e. The van der Waals surface area contributed by atoms with E-state index in [2.05, 4.69) is 61.2 Å². The summed E-state index contributed by atoms with van der Waals surface area (Å²) in [5.74, 6) is 0.284. The van der Waals surface area contributed by atoms with Crippen molar-refractivity contribution in [3.8, 4) is 5.75 Å². The number of likely N-dealkylation sites (tertiary alicyclic amines) is 1. The van der Waals surface area contributed by atoms with Gasteiger partial charge in [-0.1, -0.05) is 55.8 Å². The molecule has 1 saturated heterocycles. The van der Waals surface area contributed by atoms with Crippen LogP contribution in [0.25, 0.3) is 0 Å². The van der Waals surface area contributed by atoms with Crippen molar-refractivity contribution >= 4 is 0 Å². The number of piperidine rings is 1. The molecule has 3 rings (SSSR count). The average molecular weight is 383 g/mol. The van der Waals surface area contributed by atoms with E-state index in [0.29, 0.717) is 12.5 Å². The van der Waals surface area contributed by atoms with E-state index < -0.39 is 5.60 Å². The highest BCUT2D eigenvalue weighted by atomic mass is 16.3. The fourth-order valence-corrected chi connectivity index (χ4v) is 4.64. The van der Waals surface area contributed by atoms with Crippen LogP contribution < -0.4 is 0 Å². The standard InChI is InChI=1S/C24H34N2O2/c1-4-9-23(19-10-6-5-7-11-19)26-15-14-24(28,21(18-26)17-25(2)3)20-12-8-13-22(27)16-20/h5-8,10-13,16,21,23,27-28H,4,9,14-15,17-18H2,1-3H3. The summed E-state index contributed by atoms with van der Waals surface area (Å²) in [6.45, 7) is 4.72. The Bertz CT molecular complexity index is 749. The molecular weight excluding hydrogens is 348 g/mol. The first-order chi connectivity index (χ1) is 13.4. The minimum atomic E-state index is -0.924. The monoisotopic (exact) mass is 382 g/mol. The lowest BCUT2D eigenvalue weighted by atomic mass is 9.75. The van der Waals surface area contributed by atoms with Gasteiger partial charge < -0.3 is 15.1 Å². The molecule has 1 heterocycles. The van der Waals surface area contributed by atoms with E-state index in [4.69, 9.17) is 0 Å². The summed E-state index contributed by atoms with van der Waals surface area (Å²) in [5.41, 5.74) is 1.26. The van der Waals surface area contributed by atoms with E-state index in [-0.39, 0.29) is 11.7 Å². The molecule has 3 atom stereocenters. The summed E-state index contributed by atoms with van der Waals surface area (Å²) in [6.07, 6.45) is 2.91. The number of hydrogen-bond acceptors (Lipinski definition) is 4. The molecule has 2 aromatic rings. The highest BCUT2D eigenvalue weighted by Gasteiger charge is 2.44. The Hall–Kier alpha value is -1.88. The van der Waals surface area contributed by atoms with Crippen LogP contribution in [0.2, 0.25) is 0 Å². The zero-order chi connectivity index (χ0) is 20.1. The van der Waals surface area contributed by atoms with Crippen molar-refractivity contribution in [2.45, 2.75) is 37.8 Å². The van der Waals surface area contributed by atoms with Crippen molar-refractivity contribution in [3.63, 3.8) is 0 Å². The number of phenols is 1. The molecule has 1 aliphatic rings. The summed E-state index contributed by atoms with van der Waals surface area (Å²) in [7, 11) is 4.12. The Morgan fingerprint density at radius 3 is 2.54 bits per heavy atom. The van der Waals surface area contributed by atoms with E-state index in [1.165, 1.54) is 5.56 Å². The zero-order valence-corrected chi connectivity index (χ0v) is 17.4. The van der Waals surface area contributed by atoms with Crippen LogP contribution >= 0.6 is 0 Å². The Morgan fingerprint density at radius 2 is 1.89 bits per heavy atom. The predicted molar refractivity (Wildman–Crippen MR) is 114 cm³/mol. The SMILES string of the molecule is CCCC(c1ccccc1)N1CCC(O)(c2cccc(O)c2)C(CN(C)C)C1. The number of hydrogen-bond donors (Lipinski definition) is 2. The quantitative estimate of drug-likeness (QED) is 0.760. The lowest BCUT2D eigenvalue weighted by Gasteiger charge is -2.48. The van der Waals surface area contributed by atoms with E-state index in [1.54, 1.807) is 12.1 Å². The number of benzene rings is 2. The number of nitrogens with zero attached hydrogens (tertiary/aromatic N) is 2. The van der Waals surface area contributed by atoms with Gasteiger partial charge in [0.25, 0.3) is 0 Å². The van der Waals surface area contributed by atoms with Crippen molar-refractivity contribution in [2.75, 3.05) is 33.7 Å². The van der Waals surface area contributed by atoms with Crippen LogP contribution in [0.15, 0.2) is 54.6 Å². The molecule has 28 heavy (non-hydrogen) atoms. The van der Waals surface area contributed by atoms with E-state index in [0.717, 1.165) is 38.0 Å². The maximum absolute atomic E-state index is 11.7. The maximum Gasteiger partial charge on any atom is 0.115 e. The molecule has 4 heteroatoms. The first-order valence-corrected chi connectivity index (χ1v) is 10.4. The molecule has 0 saturated carbocycles. The molecule has 0 spiro atoms. The van der Waals surface area contributed by atoms with Gasteiger partial charge in [0.05, 0.1) is 5.60 Å². The third kappa shape index (κ3) is 4.57. The smallest absolute Gasteiger partial charge is 0.115 e. The molecule has 0 radical (unpaired) electrons. The van der Waals surface area contributed by atoms with Crippen molar-refractivity contribution in [1.29, 1.82) is 0 Å². The van der Waals surface area contributed by atoms with Gasteiger partial charge in [0.2, 0.25) is 0 Å². The first kappa shape index (κ1) is 20.8. The molecule has 4 nitrogen and oxygen atoms in total. The van der Waals surface area contributed by atoms with Crippen LogP contribution in [-0.2, 0) is 5.60 Å². The summed E-state index contributed by atoms with van der Waals surface area (Å²) in [6, 6.07) is 18.3. The largest absolute Gasteiger partial charge is 0.508 e. The molecule has 2 N–H and O–H groups in total. The van der Waals surface area contributed by atoms with Crippen LogP contribution in [0.3, 0.4) is 0 Å². The molecular formula is C24H34N2O2. The normalized spacial score (nSPS) is 24.4. The van der Waals surface area contributed by atoms with Crippen LogP contribution in [0, 0.1) is 5.92 Å². The van der Waals surface area contributed by atoms with Gasteiger partial charge in [-0.2, -0.15) is 0 Å². The summed E-state index contributed by atoms with van der Waals surface area (Å²) < 4.78 is 0. The zero-order valence-electron chi connectivity index (χ0n) is 17.4. The third-order valence-corrected chi connectivity index (χ3v) is 6.03. The fourth-order valence-electron chi connectivity index (χ4n) is 4.64. The topological polar surface area (TPSA) is 46.9 Å². The van der Waals surface area contributed by atoms with E-state index >= 15 is 0 Å². The van der Waals surface area contributed by atoms with Crippen LogP contribution in [0.4, 0.5) is 0 Å². The number of aliphatic hydroxyl groups is 1. The van der Waals surface area contributed by atoms with Gasteiger partial charge in [0.1, 0.15) is 5.75 Å². The molecule has 0 amide bonds. The summed E-state index contributed by atoms with van der Waals surface area (Å²) >= 11 is 0. The predicted octanol–water partition coefficient (Wildman–Crippen LogP) is 4.00. The van der Waals surface area contributed by atoms with Crippen LogP contribution in [0.1, 0.15) is 43.4 Å². The van der Waals surface area contributed by atoms with Gasteiger partial charge in [-0.05, 0) is 50.2 Å². The van der Waals surface area contributed by atoms with Crippen molar-refractivity contribution in [2.24, 2.45) is 5.92 Å². The first-order valence-electron chi connectivity index (χ1n) is 10.4. The Kier molecular flexibility index (Phi) is 6.76. The fraction of sp³-hybridized carbons (Fsp3) is 0.500. The third-order valence-electron chi connectivity index (χ3n) is 6.03. The molecule has 2 aromatic carbocycles. The van der Waals surface area contributed by atoms with Crippen molar-refractivity contribution in [1.82, 2.24) is 9.80 Å². The second-order valence-corrected chi connectivity index (χ2v) is 8.39. The van der Waals surface area contributed by atoms with Crippen LogP contribution in [0.5, 0.6) is 5.75 Å². The van der Waals surface area contributed by atoms with E-state index in [1.807, 2.05) is 12.1 Å². The second kappa shape index (κ2) is 9.08. The van der Waals surface area contributed by atoms with Gasteiger partial charge in [0, 0.05) is 31.6 Å². The van der Waals surface area contributed by atoms with Gasteiger partial charge >= 0.3 is 0 Å². The molecule has 152 valence electrons. The van der Waals surface area contributed by atoms with Gasteiger partial charge in [-0.25, -0.2) is 0 Å². The van der Waals surface area contributed by atoms with Crippen molar-refractivity contribution < 1.29 is 10.2 Å². The Labute approximate surface area is 169 Å². The van der Waals surface area contributed by atoms with Gasteiger partial charge in [-0.3, -0.25) is 4.90 Å². The number of aromatic hydroxyl groups is 1. The second-order valence-electron chi connectivity index (χ2n) is 8.39. The summed E-state index contributed by atoms with van der Waals surface area (Å²) in [5, 5.41) is 21.7. The van der Waals surface area contributed by atoms with Crippen LogP contribution in [-0.4, -0.2) is 53.7 Å². The minimum absolute atomic E-state index is 0.0705. The summed E-state index contributed by atoms with van der Waals surface area (Å²) in [4.78, 5) is 4.70. The number of rotatable bonds is 7. The Morgan fingerprint density at radius 1 is 1.14 bits per heavy atom. The molecule has 1 fully saturated rings. The van der Waals surface area contributed by atoms with Crippen molar-refractivity contribution in [3.05, 3.63) is 65.7 Å². The molecule has 3 unspecified atom stereocenters. The Balaban J connectivity index is 1.89.